The molecule has 4 nitrogen and oxygen atoms in total. The van der Waals surface area contributed by atoms with Crippen LogP contribution in [0.1, 0.15) is 32.6 Å². The largest absolute Gasteiger partial charge is 0.463 e. The number of ether oxygens (including phenoxy) is 1. The van der Waals surface area contributed by atoms with Crippen molar-refractivity contribution < 1.29 is 14.4 Å². The van der Waals surface area contributed by atoms with Crippen molar-refractivity contribution in [3.8, 4) is 0 Å². The molecule has 2 saturated heterocycles. The monoisotopic (exact) mass is 211 g/mol. The van der Waals surface area contributed by atoms with Gasteiger partial charge in [0.2, 0.25) is 0 Å². The summed E-state index contributed by atoms with van der Waals surface area (Å²) in [5.74, 6) is 0.452. The summed E-state index contributed by atoms with van der Waals surface area (Å²) in [5, 5.41) is 1.99. The minimum atomic E-state index is -0.299. The second-order valence-corrected chi connectivity index (χ2v) is 3.95. The third kappa shape index (κ3) is 2.50. The number of piperidine rings is 1. The molecule has 0 bridgehead atoms. The lowest BCUT2D eigenvalue weighted by molar-refractivity contribution is -0.139. The smallest absolute Gasteiger partial charge is 0.334 e. The van der Waals surface area contributed by atoms with E-state index in [0.717, 1.165) is 18.7 Å². The molecular weight excluding hydrogens is 194 g/mol. The number of hydrogen-bond acceptors (Lipinski definition) is 4. The number of carbonyl (C=O) groups excluding carboxylic acids is 1. The Morgan fingerprint density at radius 1 is 1.67 bits per heavy atom. The summed E-state index contributed by atoms with van der Waals surface area (Å²) >= 11 is 0. The van der Waals surface area contributed by atoms with E-state index in [1.807, 2.05) is 5.06 Å². The molecule has 0 aromatic carbocycles. The first-order valence-electron chi connectivity index (χ1n) is 5.61. The summed E-state index contributed by atoms with van der Waals surface area (Å²) in [5.41, 5.74) is 0. The highest BCUT2D eigenvalue weighted by Crippen LogP contribution is 2.31. The van der Waals surface area contributed by atoms with Crippen LogP contribution in [0, 0.1) is 0 Å². The van der Waals surface area contributed by atoms with Crippen LogP contribution < -0.4 is 0 Å². The quantitative estimate of drug-likeness (QED) is 0.514. The van der Waals surface area contributed by atoms with E-state index in [2.05, 4.69) is 0 Å². The van der Waals surface area contributed by atoms with Crippen LogP contribution in [0.3, 0.4) is 0 Å². The van der Waals surface area contributed by atoms with E-state index in [1.54, 1.807) is 6.92 Å². The van der Waals surface area contributed by atoms with Gasteiger partial charge in [0.05, 0.1) is 18.7 Å². The van der Waals surface area contributed by atoms with Gasteiger partial charge >= 0.3 is 5.97 Å². The summed E-state index contributed by atoms with van der Waals surface area (Å²) in [7, 11) is 0. The van der Waals surface area contributed by atoms with Gasteiger partial charge in [-0.3, -0.25) is 0 Å². The van der Waals surface area contributed by atoms with Crippen molar-refractivity contribution in [2.24, 2.45) is 0 Å². The second kappa shape index (κ2) is 4.66. The second-order valence-electron chi connectivity index (χ2n) is 3.95. The molecule has 0 unspecified atom stereocenters. The van der Waals surface area contributed by atoms with Gasteiger partial charge in [0.1, 0.15) is 5.76 Å². The van der Waals surface area contributed by atoms with Gasteiger partial charge in [-0.1, -0.05) is 6.42 Å². The average molecular weight is 211 g/mol. The molecule has 15 heavy (non-hydrogen) atoms. The van der Waals surface area contributed by atoms with Crippen molar-refractivity contribution in [1.82, 2.24) is 5.06 Å². The van der Waals surface area contributed by atoms with Crippen molar-refractivity contribution in [3.63, 3.8) is 0 Å². The number of nitrogens with zero attached hydrogens (tertiary/aromatic N) is 1. The molecule has 0 N–H and O–H groups in total. The normalized spacial score (nSPS) is 28.6. The number of hydroxylamine groups is 2. The minimum absolute atomic E-state index is 0.299. The van der Waals surface area contributed by atoms with Gasteiger partial charge in [-0.2, -0.15) is 0 Å². The van der Waals surface area contributed by atoms with Gasteiger partial charge < -0.3 is 9.57 Å². The van der Waals surface area contributed by atoms with Gasteiger partial charge in [0.15, 0.2) is 0 Å². The van der Waals surface area contributed by atoms with Crippen molar-refractivity contribution in [2.45, 2.75) is 38.6 Å². The van der Waals surface area contributed by atoms with Crippen LogP contribution in [-0.4, -0.2) is 30.2 Å². The Bertz CT molecular complexity index is 259. The van der Waals surface area contributed by atoms with Crippen LogP contribution in [0.15, 0.2) is 11.8 Å². The SMILES string of the molecule is CCOC(=O)/C=C1\C[C@@H]2CCCCN2O1. The number of fused-ring (bicyclic) bond motifs is 1. The van der Waals surface area contributed by atoms with Gasteiger partial charge in [0, 0.05) is 13.0 Å². The number of rotatable bonds is 2. The Morgan fingerprint density at radius 2 is 2.53 bits per heavy atom. The zero-order chi connectivity index (χ0) is 10.7. The average Bonchev–Trinajstić information content (AvgIpc) is 2.59. The molecule has 84 valence electrons. The van der Waals surface area contributed by atoms with Crippen LogP contribution in [-0.2, 0) is 14.4 Å². The molecule has 2 heterocycles. The lowest BCUT2D eigenvalue weighted by Gasteiger charge is -2.25. The maximum atomic E-state index is 11.2. The van der Waals surface area contributed by atoms with Crippen LogP contribution in [0.4, 0.5) is 0 Å². The minimum Gasteiger partial charge on any atom is -0.463 e. The van der Waals surface area contributed by atoms with Gasteiger partial charge in [-0.25, -0.2) is 4.79 Å². The zero-order valence-corrected chi connectivity index (χ0v) is 9.07. The third-order valence-electron chi connectivity index (χ3n) is 2.81. The highest BCUT2D eigenvalue weighted by molar-refractivity contribution is 5.82. The van der Waals surface area contributed by atoms with E-state index in [9.17, 15) is 4.79 Å². The summed E-state index contributed by atoms with van der Waals surface area (Å²) in [4.78, 5) is 16.8. The van der Waals surface area contributed by atoms with Crippen LogP contribution >= 0.6 is 0 Å². The molecule has 0 spiro atoms. The van der Waals surface area contributed by atoms with Gasteiger partial charge in [-0.05, 0) is 19.8 Å². The van der Waals surface area contributed by atoms with E-state index in [-0.39, 0.29) is 5.97 Å². The number of hydrogen-bond donors (Lipinski definition) is 0. The Balaban J connectivity index is 1.93. The van der Waals surface area contributed by atoms with Crippen molar-refractivity contribution in [2.75, 3.05) is 13.2 Å². The van der Waals surface area contributed by atoms with Gasteiger partial charge in [0.25, 0.3) is 0 Å². The summed E-state index contributed by atoms with van der Waals surface area (Å²) in [6, 6.07) is 0.472. The summed E-state index contributed by atoms with van der Waals surface area (Å²) in [6.45, 7) is 3.19. The first kappa shape index (κ1) is 10.5. The molecule has 0 amide bonds. The van der Waals surface area contributed by atoms with Crippen LogP contribution in [0.5, 0.6) is 0 Å². The highest BCUT2D eigenvalue weighted by atomic mass is 16.7. The van der Waals surface area contributed by atoms with Crippen LogP contribution in [0.2, 0.25) is 0 Å². The molecule has 2 rings (SSSR count). The number of carbonyl (C=O) groups is 1. The third-order valence-corrected chi connectivity index (χ3v) is 2.81. The van der Waals surface area contributed by atoms with E-state index in [0.29, 0.717) is 12.6 Å². The standard InChI is InChI=1S/C11H17NO3/c1-2-14-11(13)8-10-7-9-5-3-4-6-12(9)15-10/h8-9H,2-7H2,1H3/b10-8+/t9-/m0/s1. The Hall–Kier alpha value is -1.03. The van der Waals surface area contributed by atoms with Crippen molar-refractivity contribution in [1.29, 1.82) is 0 Å². The van der Waals surface area contributed by atoms with E-state index in [1.165, 1.54) is 25.3 Å². The molecule has 2 aliphatic heterocycles. The molecule has 0 saturated carbocycles. The molecular formula is C11H17NO3. The fourth-order valence-electron chi connectivity index (χ4n) is 2.12. The summed E-state index contributed by atoms with van der Waals surface area (Å²) in [6.07, 6.45) is 5.93. The lowest BCUT2D eigenvalue weighted by Crippen LogP contribution is -2.32. The van der Waals surface area contributed by atoms with Gasteiger partial charge in [-0.15, -0.1) is 5.06 Å². The van der Waals surface area contributed by atoms with E-state index >= 15 is 0 Å². The maximum Gasteiger partial charge on any atom is 0.334 e. The predicted molar refractivity (Wildman–Crippen MR) is 54.8 cm³/mol. The maximum absolute atomic E-state index is 11.2. The Kier molecular flexibility index (Phi) is 3.26. The zero-order valence-electron chi connectivity index (χ0n) is 9.07. The fraction of sp³-hybridized carbons (Fsp3) is 0.727. The topological polar surface area (TPSA) is 38.8 Å². The molecule has 2 aliphatic rings. The first-order chi connectivity index (χ1) is 7.29. The molecule has 0 aromatic rings. The Labute approximate surface area is 89.8 Å². The molecule has 0 aliphatic carbocycles. The molecule has 2 fully saturated rings. The molecule has 0 aromatic heterocycles. The fourth-order valence-corrected chi connectivity index (χ4v) is 2.12. The predicted octanol–water partition coefficient (Wildman–Crippen LogP) is 1.62. The number of esters is 1. The Morgan fingerprint density at radius 3 is 3.27 bits per heavy atom. The molecule has 0 radical (unpaired) electrons. The van der Waals surface area contributed by atoms with Crippen LogP contribution in [0.25, 0.3) is 0 Å². The lowest BCUT2D eigenvalue weighted by atomic mass is 10.0. The summed E-state index contributed by atoms with van der Waals surface area (Å²) < 4.78 is 4.84. The van der Waals surface area contributed by atoms with Crippen molar-refractivity contribution in [3.05, 3.63) is 11.8 Å². The molecule has 1 atom stereocenters. The van der Waals surface area contributed by atoms with E-state index < -0.39 is 0 Å². The highest BCUT2D eigenvalue weighted by Gasteiger charge is 2.32. The first-order valence-corrected chi connectivity index (χ1v) is 5.61. The molecule has 4 heteroatoms. The van der Waals surface area contributed by atoms with E-state index in [4.69, 9.17) is 9.57 Å². The van der Waals surface area contributed by atoms with Crippen molar-refractivity contribution >= 4 is 5.97 Å².